The Kier molecular flexibility index (Phi) is 6.58. The number of rotatable bonds is 6. The number of alkyl halides is 6. The summed E-state index contributed by atoms with van der Waals surface area (Å²) in [6.45, 7) is -0.781. The van der Waals surface area contributed by atoms with Crippen LogP contribution >= 0.6 is 0 Å². The number of methoxy groups -OCH3 is 1. The van der Waals surface area contributed by atoms with E-state index in [1.54, 1.807) is 0 Å². The maximum Gasteiger partial charge on any atom is 0.434 e. The summed E-state index contributed by atoms with van der Waals surface area (Å²) in [6.07, 6.45) is -11.0. The zero-order valence-corrected chi connectivity index (χ0v) is 16.6. The van der Waals surface area contributed by atoms with Gasteiger partial charge in [-0.1, -0.05) is 18.2 Å². The van der Waals surface area contributed by atoms with Gasteiger partial charge in [0.15, 0.2) is 11.5 Å². The number of ether oxygens (including phenoxy) is 1. The van der Waals surface area contributed by atoms with Gasteiger partial charge in [-0.15, -0.1) is 10.2 Å². The van der Waals surface area contributed by atoms with Crippen LogP contribution in [0.2, 0.25) is 0 Å². The molecular formula is C19H15F6N5O3. The Labute approximate surface area is 181 Å². The summed E-state index contributed by atoms with van der Waals surface area (Å²) in [5.74, 6) is -1.63. The number of benzene rings is 1. The lowest BCUT2D eigenvalue weighted by atomic mass is 10.0. The van der Waals surface area contributed by atoms with Gasteiger partial charge < -0.3 is 15.2 Å². The number of aliphatic hydroxyl groups excluding tert-OH is 1. The first-order valence-electron chi connectivity index (χ1n) is 9.09. The van der Waals surface area contributed by atoms with Crippen LogP contribution in [0.25, 0.3) is 5.82 Å². The molecule has 1 amide bonds. The molecule has 3 aromatic rings. The minimum atomic E-state index is -5.05. The highest BCUT2D eigenvalue weighted by molar-refractivity contribution is 5.95. The van der Waals surface area contributed by atoms with Crippen molar-refractivity contribution in [1.82, 2.24) is 25.3 Å². The van der Waals surface area contributed by atoms with Crippen molar-refractivity contribution in [2.45, 2.75) is 18.5 Å². The van der Waals surface area contributed by atoms with Crippen LogP contribution in [0, 0.1) is 0 Å². The number of amides is 1. The number of nitrogens with one attached hydrogen (secondary N) is 1. The minimum Gasteiger partial charge on any atom is -0.480 e. The summed E-state index contributed by atoms with van der Waals surface area (Å²) in [5, 5.41) is 22.8. The number of hydrogen-bond acceptors (Lipinski definition) is 6. The Morgan fingerprint density at radius 3 is 2.36 bits per heavy atom. The molecule has 2 heterocycles. The Hall–Kier alpha value is -3.68. The zero-order valence-electron chi connectivity index (χ0n) is 16.6. The van der Waals surface area contributed by atoms with Gasteiger partial charge >= 0.3 is 12.4 Å². The molecule has 1 unspecified atom stereocenters. The molecule has 3 rings (SSSR count). The molecule has 0 aliphatic heterocycles. The Morgan fingerprint density at radius 2 is 1.79 bits per heavy atom. The first-order valence-corrected chi connectivity index (χ1v) is 9.09. The predicted molar refractivity (Wildman–Crippen MR) is 99.4 cm³/mol. The average Bonchev–Trinajstić information content (AvgIpc) is 3.23. The molecular weight excluding hydrogens is 460 g/mol. The summed E-state index contributed by atoms with van der Waals surface area (Å²) < 4.78 is 85.6. The molecule has 1 atom stereocenters. The zero-order chi connectivity index (χ0) is 24.4. The SMILES string of the molecule is COc1ccc(-n2ncc(C(=O)NCC(O)c3ccccc3C(F)(F)F)c2C(F)(F)F)nn1. The van der Waals surface area contributed by atoms with Crippen LogP contribution in [0.3, 0.4) is 0 Å². The molecule has 0 saturated heterocycles. The van der Waals surface area contributed by atoms with Gasteiger partial charge in [0.25, 0.3) is 5.91 Å². The highest BCUT2D eigenvalue weighted by Crippen LogP contribution is 2.35. The van der Waals surface area contributed by atoms with E-state index in [1.807, 2.05) is 5.32 Å². The van der Waals surface area contributed by atoms with Crippen molar-refractivity contribution in [3.05, 3.63) is 65.0 Å². The quantitative estimate of drug-likeness (QED) is 0.531. The van der Waals surface area contributed by atoms with E-state index >= 15 is 0 Å². The monoisotopic (exact) mass is 475 g/mol. The maximum atomic E-state index is 13.7. The Morgan fingerprint density at radius 1 is 1.09 bits per heavy atom. The molecule has 14 heteroatoms. The second-order valence-corrected chi connectivity index (χ2v) is 6.56. The minimum absolute atomic E-state index is 0.0329. The van der Waals surface area contributed by atoms with E-state index in [-0.39, 0.29) is 11.7 Å². The fraction of sp³-hybridized carbons (Fsp3) is 0.263. The third kappa shape index (κ3) is 5.22. The second kappa shape index (κ2) is 9.05. The smallest absolute Gasteiger partial charge is 0.434 e. The van der Waals surface area contributed by atoms with Gasteiger partial charge in [0, 0.05) is 12.6 Å². The van der Waals surface area contributed by atoms with Gasteiger partial charge in [-0.05, 0) is 17.7 Å². The summed E-state index contributed by atoms with van der Waals surface area (Å²) >= 11 is 0. The summed E-state index contributed by atoms with van der Waals surface area (Å²) in [5.41, 5.74) is -4.07. The van der Waals surface area contributed by atoms with Crippen molar-refractivity contribution in [3.8, 4) is 11.7 Å². The van der Waals surface area contributed by atoms with Crippen LogP contribution in [0.4, 0.5) is 26.3 Å². The molecule has 0 aliphatic carbocycles. The molecule has 2 N–H and O–H groups in total. The number of hydrogen-bond donors (Lipinski definition) is 2. The standard InChI is InChI=1S/C19H15F6N5O3/c1-33-15-7-6-14(28-29-15)30-16(19(23,24)25)11(8-27-30)17(32)26-9-13(31)10-4-2-3-5-12(10)18(20,21)22/h2-8,13,31H,9H2,1H3,(H,26,32). The molecule has 2 aromatic heterocycles. The highest BCUT2D eigenvalue weighted by atomic mass is 19.4. The van der Waals surface area contributed by atoms with Gasteiger partial charge in [0.1, 0.15) is 0 Å². The molecule has 0 radical (unpaired) electrons. The number of carbonyl (C=O) groups excluding carboxylic acids is 1. The first kappa shape index (κ1) is 24.0. The van der Waals surface area contributed by atoms with E-state index in [2.05, 4.69) is 15.3 Å². The fourth-order valence-electron chi connectivity index (χ4n) is 2.94. The van der Waals surface area contributed by atoms with Gasteiger partial charge in [0.05, 0.1) is 30.5 Å². The second-order valence-electron chi connectivity index (χ2n) is 6.56. The average molecular weight is 475 g/mol. The van der Waals surface area contributed by atoms with Crippen LogP contribution in [0.1, 0.15) is 33.3 Å². The lowest BCUT2D eigenvalue weighted by molar-refractivity contribution is -0.143. The van der Waals surface area contributed by atoms with E-state index in [1.165, 1.54) is 19.2 Å². The highest BCUT2D eigenvalue weighted by Gasteiger charge is 2.41. The molecule has 8 nitrogen and oxygen atoms in total. The van der Waals surface area contributed by atoms with Crippen molar-refractivity contribution in [1.29, 1.82) is 0 Å². The normalized spacial score (nSPS) is 13.0. The van der Waals surface area contributed by atoms with Gasteiger partial charge in [-0.25, -0.2) is 4.68 Å². The third-order valence-electron chi connectivity index (χ3n) is 4.42. The van der Waals surface area contributed by atoms with E-state index in [0.717, 1.165) is 24.3 Å². The number of aliphatic hydroxyl groups is 1. The van der Waals surface area contributed by atoms with Crippen molar-refractivity contribution < 1.29 is 41.0 Å². The topological polar surface area (TPSA) is 102 Å². The molecule has 0 spiro atoms. The molecule has 0 aliphatic rings. The van der Waals surface area contributed by atoms with Gasteiger partial charge in [0.2, 0.25) is 5.88 Å². The molecule has 33 heavy (non-hydrogen) atoms. The Balaban J connectivity index is 1.85. The predicted octanol–water partition coefficient (Wildman–Crippen LogP) is 3.17. The molecule has 0 fully saturated rings. The van der Waals surface area contributed by atoms with E-state index < -0.39 is 53.3 Å². The molecule has 1 aromatic carbocycles. The van der Waals surface area contributed by atoms with Crippen molar-refractivity contribution in [2.75, 3.05) is 13.7 Å². The summed E-state index contributed by atoms with van der Waals surface area (Å²) in [6, 6.07) is 6.47. The molecule has 176 valence electrons. The van der Waals surface area contributed by atoms with Crippen LogP contribution < -0.4 is 10.1 Å². The molecule has 0 saturated carbocycles. The van der Waals surface area contributed by atoms with Crippen molar-refractivity contribution in [2.24, 2.45) is 0 Å². The summed E-state index contributed by atoms with van der Waals surface area (Å²) in [4.78, 5) is 12.4. The van der Waals surface area contributed by atoms with Crippen LogP contribution in [-0.4, -0.2) is 44.6 Å². The third-order valence-corrected chi connectivity index (χ3v) is 4.42. The largest absolute Gasteiger partial charge is 0.480 e. The lowest BCUT2D eigenvalue weighted by Crippen LogP contribution is -2.31. The number of nitrogens with zero attached hydrogens (tertiary/aromatic N) is 4. The number of aromatic nitrogens is 4. The van der Waals surface area contributed by atoms with E-state index in [9.17, 15) is 36.2 Å². The lowest BCUT2D eigenvalue weighted by Gasteiger charge is -2.18. The fourth-order valence-corrected chi connectivity index (χ4v) is 2.94. The number of halogens is 6. The maximum absolute atomic E-state index is 13.7. The van der Waals surface area contributed by atoms with Crippen LogP contribution in [0.5, 0.6) is 5.88 Å². The van der Waals surface area contributed by atoms with Crippen molar-refractivity contribution >= 4 is 5.91 Å². The number of carbonyl (C=O) groups is 1. The first-order chi connectivity index (χ1) is 15.4. The summed E-state index contributed by atoms with van der Waals surface area (Å²) in [7, 11) is 1.28. The van der Waals surface area contributed by atoms with Gasteiger partial charge in [-0.3, -0.25) is 4.79 Å². The van der Waals surface area contributed by atoms with Crippen LogP contribution in [0.15, 0.2) is 42.6 Å². The Bertz CT molecular complexity index is 1130. The van der Waals surface area contributed by atoms with Crippen LogP contribution in [-0.2, 0) is 12.4 Å². The van der Waals surface area contributed by atoms with E-state index in [4.69, 9.17) is 4.74 Å². The van der Waals surface area contributed by atoms with Crippen molar-refractivity contribution in [3.63, 3.8) is 0 Å². The molecule has 0 bridgehead atoms. The van der Waals surface area contributed by atoms with E-state index in [0.29, 0.717) is 10.9 Å². The van der Waals surface area contributed by atoms with Gasteiger partial charge in [-0.2, -0.15) is 31.4 Å².